The normalized spacial score (nSPS) is 12.4. The zero-order chi connectivity index (χ0) is 27.0. The maximum atomic E-state index is 13.8. The Bertz CT molecular complexity index is 1190. The molecule has 2 amide bonds. The maximum Gasteiger partial charge on any atom is 0.308 e. The molecule has 0 saturated carbocycles. The minimum Gasteiger partial charge on any atom is -0.464 e. The number of nitrogens with one attached hydrogen (secondary N) is 1. The first-order valence-corrected chi connectivity index (χ1v) is 12.7. The third kappa shape index (κ3) is 9.08. The van der Waals surface area contributed by atoms with Gasteiger partial charge in [-0.2, -0.15) is 0 Å². The zero-order valence-electron chi connectivity index (χ0n) is 22.5. The molecule has 3 rings (SSSR count). The molecule has 0 aliphatic heterocycles. The average molecular weight is 507 g/mol. The molecule has 3 aromatic rings. The molecule has 198 valence electrons. The summed E-state index contributed by atoms with van der Waals surface area (Å²) in [6, 6.07) is 16.0. The van der Waals surface area contributed by atoms with Crippen molar-refractivity contribution in [3.8, 4) is 0 Å². The van der Waals surface area contributed by atoms with Gasteiger partial charge in [0.2, 0.25) is 11.8 Å². The summed E-state index contributed by atoms with van der Waals surface area (Å²) in [4.78, 5) is 41.1. The van der Waals surface area contributed by atoms with Crippen LogP contribution in [0.4, 0.5) is 0 Å². The van der Waals surface area contributed by atoms with E-state index in [1.165, 1.54) is 0 Å². The Balaban J connectivity index is 1.78. The summed E-state index contributed by atoms with van der Waals surface area (Å²) < 4.78 is 10.9. The molecule has 37 heavy (non-hydrogen) atoms. The average Bonchev–Trinajstić information content (AvgIpc) is 3.28. The highest BCUT2D eigenvalue weighted by Gasteiger charge is 2.30. The molecule has 0 spiro atoms. The van der Waals surface area contributed by atoms with Crippen LogP contribution in [0, 0.1) is 11.3 Å². The molecule has 0 unspecified atom stereocenters. The quantitative estimate of drug-likeness (QED) is 0.348. The SMILES string of the molecule is CC(C)CN(Cc1ccc2occc2c1)C(=O)[C@H](CC(=O)OCc1ccccc1)NC(=O)CC(C)(C)C. The zero-order valence-corrected chi connectivity index (χ0v) is 22.5. The van der Waals surface area contributed by atoms with E-state index in [9.17, 15) is 14.4 Å². The number of carbonyl (C=O) groups excluding carboxylic acids is 3. The Morgan fingerprint density at radius 1 is 1.00 bits per heavy atom. The van der Waals surface area contributed by atoms with Crippen molar-refractivity contribution in [3.05, 3.63) is 72.0 Å². The molecule has 1 N–H and O–H groups in total. The molecule has 0 saturated heterocycles. The predicted octanol–water partition coefficient (Wildman–Crippen LogP) is 5.47. The fourth-order valence-electron chi connectivity index (χ4n) is 4.12. The number of nitrogens with zero attached hydrogens (tertiary/aromatic N) is 1. The van der Waals surface area contributed by atoms with Gasteiger partial charge in [0, 0.05) is 24.9 Å². The number of benzene rings is 2. The predicted molar refractivity (Wildman–Crippen MR) is 143 cm³/mol. The van der Waals surface area contributed by atoms with Crippen LogP contribution < -0.4 is 5.32 Å². The number of carbonyl (C=O) groups is 3. The topological polar surface area (TPSA) is 88.8 Å². The lowest BCUT2D eigenvalue weighted by Crippen LogP contribution is -2.50. The van der Waals surface area contributed by atoms with E-state index < -0.39 is 12.0 Å². The monoisotopic (exact) mass is 506 g/mol. The van der Waals surface area contributed by atoms with Crippen molar-refractivity contribution in [2.45, 2.75) is 66.7 Å². The Morgan fingerprint density at radius 3 is 2.41 bits per heavy atom. The number of furan rings is 1. The smallest absolute Gasteiger partial charge is 0.308 e. The summed E-state index contributed by atoms with van der Waals surface area (Å²) >= 11 is 0. The van der Waals surface area contributed by atoms with Gasteiger partial charge in [-0.1, -0.05) is 71.0 Å². The molecule has 2 aromatic carbocycles. The Kier molecular flexibility index (Phi) is 9.50. The molecule has 0 fully saturated rings. The fraction of sp³-hybridized carbons (Fsp3) is 0.433. The van der Waals surface area contributed by atoms with Crippen LogP contribution in [0.25, 0.3) is 11.0 Å². The first-order chi connectivity index (χ1) is 17.5. The van der Waals surface area contributed by atoms with Crippen LogP contribution in [0.2, 0.25) is 0 Å². The number of ether oxygens (including phenoxy) is 1. The van der Waals surface area contributed by atoms with Crippen LogP contribution in [0.3, 0.4) is 0 Å². The highest BCUT2D eigenvalue weighted by Crippen LogP contribution is 2.21. The number of hydrogen-bond donors (Lipinski definition) is 1. The Labute approximate surface area is 219 Å². The largest absolute Gasteiger partial charge is 0.464 e. The lowest BCUT2D eigenvalue weighted by Gasteiger charge is -2.30. The maximum absolute atomic E-state index is 13.8. The van der Waals surface area contributed by atoms with Gasteiger partial charge in [0.25, 0.3) is 0 Å². The molecule has 7 nitrogen and oxygen atoms in total. The van der Waals surface area contributed by atoms with Gasteiger partial charge < -0.3 is 19.4 Å². The summed E-state index contributed by atoms with van der Waals surface area (Å²) in [5, 5.41) is 3.77. The van der Waals surface area contributed by atoms with E-state index in [1.807, 2.05) is 89.2 Å². The van der Waals surface area contributed by atoms with Crippen molar-refractivity contribution in [1.82, 2.24) is 10.2 Å². The van der Waals surface area contributed by atoms with Crippen molar-refractivity contribution >= 4 is 28.8 Å². The highest BCUT2D eigenvalue weighted by molar-refractivity contribution is 5.91. The number of rotatable bonds is 11. The van der Waals surface area contributed by atoms with Gasteiger partial charge in [-0.15, -0.1) is 0 Å². The van der Waals surface area contributed by atoms with Crippen LogP contribution in [-0.2, 0) is 32.3 Å². The second-order valence-corrected chi connectivity index (χ2v) is 11.1. The summed E-state index contributed by atoms with van der Waals surface area (Å²) in [7, 11) is 0. The molecule has 1 aromatic heterocycles. The standard InChI is InChI=1S/C30H38N2O5/c1-21(2)18-32(19-23-11-12-26-24(15-23)13-14-36-26)29(35)25(31-27(33)17-30(3,4)5)16-28(34)37-20-22-9-7-6-8-10-22/h6-15,21,25H,16-20H2,1-5H3,(H,31,33)/t25-/m0/s1. The van der Waals surface area contributed by atoms with Gasteiger partial charge in [0.1, 0.15) is 18.2 Å². The summed E-state index contributed by atoms with van der Waals surface area (Å²) in [5.74, 6) is -0.925. The van der Waals surface area contributed by atoms with Gasteiger partial charge in [-0.25, -0.2) is 0 Å². The van der Waals surface area contributed by atoms with Gasteiger partial charge in [-0.05, 0) is 40.7 Å². The minimum atomic E-state index is -1.02. The van der Waals surface area contributed by atoms with Crippen molar-refractivity contribution in [2.75, 3.05) is 6.54 Å². The van der Waals surface area contributed by atoms with E-state index in [0.29, 0.717) is 13.1 Å². The van der Waals surface area contributed by atoms with E-state index in [-0.39, 0.29) is 42.6 Å². The number of amides is 2. The van der Waals surface area contributed by atoms with Gasteiger partial charge in [0.05, 0.1) is 12.7 Å². The van der Waals surface area contributed by atoms with E-state index in [1.54, 1.807) is 11.2 Å². The van der Waals surface area contributed by atoms with Crippen LogP contribution in [0.1, 0.15) is 58.6 Å². The molecule has 0 aliphatic rings. The summed E-state index contributed by atoms with van der Waals surface area (Å²) in [6.45, 7) is 10.9. The van der Waals surface area contributed by atoms with Gasteiger partial charge in [-0.3, -0.25) is 14.4 Å². The van der Waals surface area contributed by atoms with Crippen molar-refractivity contribution < 1.29 is 23.5 Å². The van der Waals surface area contributed by atoms with E-state index in [2.05, 4.69) is 5.32 Å². The first-order valence-electron chi connectivity index (χ1n) is 12.7. The summed E-state index contributed by atoms with van der Waals surface area (Å²) in [6.07, 6.45) is 1.63. The van der Waals surface area contributed by atoms with Crippen molar-refractivity contribution in [1.29, 1.82) is 0 Å². The Morgan fingerprint density at radius 2 is 1.73 bits per heavy atom. The van der Waals surface area contributed by atoms with Crippen molar-refractivity contribution in [2.24, 2.45) is 11.3 Å². The number of fused-ring (bicyclic) bond motifs is 1. The lowest BCUT2D eigenvalue weighted by atomic mass is 9.91. The van der Waals surface area contributed by atoms with Crippen LogP contribution in [0.15, 0.2) is 65.3 Å². The molecule has 0 radical (unpaired) electrons. The highest BCUT2D eigenvalue weighted by atomic mass is 16.5. The van der Waals surface area contributed by atoms with E-state index in [4.69, 9.17) is 9.15 Å². The first kappa shape index (κ1) is 28.0. The minimum absolute atomic E-state index is 0.108. The second-order valence-electron chi connectivity index (χ2n) is 11.1. The van der Waals surface area contributed by atoms with Gasteiger partial charge in [0.15, 0.2) is 0 Å². The third-order valence-electron chi connectivity index (χ3n) is 5.73. The Hall–Kier alpha value is -3.61. The second kappa shape index (κ2) is 12.6. The molecule has 0 aliphatic carbocycles. The number of esters is 1. The molecule has 0 bridgehead atoms. The number of hydrogen-bond acceptors (Lipinski definition) is 5. The summed E-state index contributed by atoms with van der Waals surface area (Å²) in [5.41, 5.74) is 2.31. The molecular formula is C30H38N2O5. The van der Waals surface area contributed by atoms with Crippen LogP contribution in [-0.4, -0.2) is 35.3 Å². The molecule has 1 atom stereocenters. The molecular weight excluding hydrogens is 468 g/mol. The lowest BCUT2D eigenvalue weighted by molar-refractivity contribution is -0.149. The van der Waals surface area contributed by atoms with Crippen LogP contribution >= 0.6 is 0 Å². The molecule has 1 heterocycles. The molecule has 7 heteroatoms. The van der Waals surface area contributed by atoms with E-state index >= 15 is 0 Å². The van der Waals surface area contributed by atoms with E-state index in [0.717, 1.165) is 22.1 Å². The fourth-order valence-corrected chi connectivity index (χ4v) is 4.12. The van der Waals surface area contributed by atoms with Crippen molar-refractivity contribution in [3.63, 3.8) is 0 Å². The third-order valence-corrected chi connectivity index (χ3v) is 5.73. The van der Waals surface area contributed by atoms with Crippen LogP contribution in [0.5, 0.6) is 0 Å². The van der Waals surface area contributed by atoms with Gasteiger partial charge >= 0.3 is 5.97 Å².